The van der Waals surface area contributed by atoms with E-state index >= 15 is 0 Å². The van der Waals surface area contributed by atoms with Crippen molar-refractivity contribution < 1.29 is 9.57 Å². The molecule has 0 aliphatic rings. The molecule has 0 saturated heterocycles. The number of H-pyrrole nitrogens is 1. The largest absolute Gasteiger partial charge is 0.497 e. The molecule has 3 N–H and O–H groups in total. The fourth-order valence-electron chi connectivity index (χ4n) is 1.62. The molecule has 0 amide bonds. The molecule has 0 unspecified atom stereocenters. The van der Waals surface area contributed by atoms with Crippen LogP contribution in [-0.4, -0.2) is 12.1 Å². The Hall–Kier alpha value is -1.52. The normalized spacial score (nSPS) is 12.0. The monoisotopic (exact) mass is 220 g/mol. The van der Waals surface area contributed by atoms with Crippen LogP contribution < -0.4 is 10.6 Å². The van der Waals surface area contributed by atoms with Gasteiger partial charge in [-0.25, -0.2) is 5.90 Å². The standard InChI is InChI=1S/C12H16N2O2/c1-12(2,16-13)11-6-8-4-5-9(15-3)7-10(8)14-11/h4-7,14H,13H2,1-3H3. The molecule has 86 valence electrons. The van der Waals surface area contributed by atoms with Gasteiger partial charge in [-0.05, 0) is 32.0 Å². The lowest BCUT2D eigenvalue weighted by molar-refractivity contribution is -0.0263. The SMILES string of the molecule is COc1ccc2cc(C(C)(C)ON)[nH]c2c1. The van der Waals surface area contributed by atoms with Gasteiger partial charge in [-0.1, -0.05) is 0 Å². The highest BCUT2D eigenvalue weighted by atomic mass is 16.6. The Morgan fingerprint density at radius 1 is 1.25 bits per heavy atom. The van der Waals surface area contributed by atoms with Crippen LogP contribution >= 0.6 is 0 Å². The molecule has 0 radical (unpaired) electrons. The van der Waals surface area contributed by atoms with Crippen LogP contribution in [0.5, 0.6) is 5.75 Å². The lowest BCUT2D eigenvalue weighted by Crippen LogP contribution is -2.25. The van der Waals surface area contributed by atoms with Gasteiger partial charge in [0, 0.05) is 22.7 Å². The summed E-state index contributed by atoms with van der Waals surface area (Å²) in [6.07, 6.45) is 0. The first-order valence-electron chi connectivity index (χ1n) is 5.12. The number of rotatable bonds is 3. The summed E-state index contributed by atoms with van der Waals surface area (Å²) < 4.78 is 5.17. The van der Waals surface area contributed by atoms with Crippen molar-refractivity contribution in [2.45, 2.75) is 19.4 Å². The Balaban J connectivity index is 2.52. The molecule has 2 rings (SSSR count). The van der Waals surface area contributed by atoms with Crippen molar-refractivity contribution in [2.75, 3.05) is 7.11 Å². The van der Waals surface area contributed by atoms with Crippen molar-refractivity contribution >= 4 is 10.9 Å². The van der Waals surface area contributed by atoms with Gasteiger partial charge >= 0.3 is 0 Å². The molecule has 0 atom stereocenters. The smallest absolute Gasteiger partial charge is 0.123 e. The second-order valence-corrected chi connectivity index (χ2v) is 4.26. The number of hydrogen-bond donors (Lipinski definition) is 2. The third-order valence-electron chi connectivity index (χ3n) is 2.77. The summed E-state index contributed by atoms with van der Waals surface area (Å²) in [4.78, 5) is 8.22. The van der Waals surface area contributed by atoms with Crippen molar-refractivity contribution in [3.05, 3.63) is 30.0 Å². The molecular formula is C12H16N2O2. The van der Waals surface area contributed by atoms with Crippen molar-refractivity contribution in [3.8, 4) is 5.75 Å². The maximum Gasteiger partial charge on any atom is 0.123 e. The maximum atomic E-state index is 5.27. The number of ether oxygens (including phenoxy) is 1. The zero-order valence-electron chi connectivity index (χ0n) is 9.70. The molecule has 2 aromatic rings. The van der Waals surface area contributed by atoms with Crippen LogP contribution in [0.2, 0.25) is 0 Å². The number of nitrogens with one attached hydrogen (secondary N) is 1. The highest BCUT2D eigenvalue weighted by Gasteiger charge is 2.22. The second kappa shape index (κ2) is 3.81. The first kappa shape index (κ1) is 11.0. The molecule has 0 bridgehead atoms. The Labute approximate surface area is 94.3 Å². The molecule has 0 fully saturated rings. The fourth-order valence-corrected chi connectivity index (χ4v) is 1.62. The summed E-state index contributed by atoms with van der Waals surface area (Å²) in [7, 11) is 1.65. The molecule has 1 heterocycles. The predicted octanol–water partition coefficient (Wildman–Crippen LogP) is 2.30. The van der Waals surface area contributed by atoms with Gasteiger partial charge in [0.1, 0.15) is 11.4 Å². The fraction of sp³-hybridized carbons (Fsp3) is 0.333. The Morgan fingerprint density at radius 3 is 2.62 bits per heavy atom. The van der Waals surface area contributed by atoms with E-state index in [0.29, 0.717) is 0 Å². The first-order chi connectivity index (χ1) is 7.56. The van der Waals surface area contributed by atoms with Gasteiger partial charge in [0.2, 0.25) is 0 Å². The van der Waals surface area contributed by atoms with Crippen LogP contribution in [0.4, 0.5) is 0 Å². The molecule has 0 spiro atoms. The van der Waals surface area contributed by atoms with E-state index in [0.717, 1.165) is 22.3 Å². The predicted molar refractivity (Wildman–Crippen MR) is 63.1 cm³/mol. The Morgan fingerprint density at radius 2 is 2.00 bits per heavy atom. The highest BCUT2D eigenvalue weighted by molar-refractivity contribution is 5.82. The summed E-state index contributed by atoms with van der Waals surface area (Å²) in [6, 6.07) is 7.91. The van der Waals surface area contributed by atoms with Crippen LogP contribution in [0.15, 0.2) is 24.3 Å². The zero-order valence-corrected chi connectivity index (χ0v) is 9.70. The zero-order chi connectivity index (χ0) is 11.8. The lowest BCUT2D eigenvalue weighted by Gasteiger charge is -2.19. The average Bonchev–Trinajstić information content (AvgIpc) is 2.72. The van der Waals surface area contributed by atoms with Gasteiger partial charge in [-0.2, -0.15) is 0 Å². The van der Waals surface area contributed by atoms with Gasteiger partial charge in [0.25, 0.3) is 0 Å². The van der Waals surface area contributed by atoms with Crippen LogP contribution in [0.25, 0.3) is 10.9 Å². The van der Waals surface area contributed by atoms with Crippen LogP contribution in [0.3, 0.4) is 0 Å². The van der Waals surface area contributed by atoms with Crippen LogP contribution in [0.1, 0.15) is 19.5 Å². The summed E-state index contributed by atoms with van der Waals surface area (Å²) in [5, 5.41) is 1.11. The minimum atomic E-state index is -0.522. The molecule has 1 aromatic heterocycles. The van der Waals surface area contributed by atoms with Crippen molar-refractivity contribution in [1.29, 1.82) is 0 Å². The lowest BCUT2D eigenvalue weighted by atomic mass is 10.1. The quantitative estimate of drug-likeness (QED) is 0.780. The first-order valence-corrected chi connectivity index (χ1v) is 5.12. The van der Waals surface area contributed by atoms with Crippen molar-refractivity contribution in [2.24, 2.45) is 5.90 Å². The minimum absolute atomic E-state index is 0.522. The molecule has 0 saturated carbocycles. The maximum absolute atomic E-state index is 5.27. The van der Waals surface area contributed by atoms with Crippen LogP contribution in [-0.2, 0) is 10.4 Å². The topological polar surface area (TPSA) is 60.3 Å². The molecule has 4 heteroatoms. The van der Waals surface area contributed by atoms with E-state index in [4.69, 9.17) is 15.5 Å². The summed E-state index contributed by atoms with van der Waals surface area (Å²) in [5.41, 5.74) is 1.43. The second-order valence-electron chi connectivity index (χ2n) is 4.26. The van der Waals surface area contributed by atoms with Crippen molar-refractivity contribution in [1.82, 2.24) is 4.98 Å². The average molecular weight is 220 g/mol. The number of aromatic nitrogens is 1. The Kier molecular flexibility index (Phi) is 2.61. The van der Waals surface area contributed by atoms with Gasteiger partial charge in [-0.15, -0.1) is 0 Å². The molecule has 0 aliphatic heterocycles. The van der Waals surface area contributed by atoms with E-state index in [1.807, 2.05) is 38.1 Å². The Bertz CT molecular complexity index is 503. The summed E-state index contributed by atoms with van der Waals surface area (Å²) in [5.74, 6) is 6.10. The van der Waals surface area contributed by atoms with E-state index in [1.54, 1.807) is 7.11 Å². The van der Waals surface area contributed by atoms with E-state index in [9.17, 15) is 0 Å². The number of nitrogens with two attached hydrogens (primary N) is 1. The number of aromatic amines is 1. The number of methoxy groups -OCH3 is 1. The molecule has 4 nitrogen and oxygen atoms in total. The number of fused-ring (bicyclic) bond motifs is 1. The molecule has 16 heavy (non-hydrogen) atoms. The van der Waals surface area contributed by atoms with E-state index in [1.165, 1.54) is 0 Å². The third kappa shape index (κ3) is 1.77. The van der Waals surface area contributed by atoms with Gasteiger partial charge < -0.3 is 9.72 Å². The molecule has 1 aromatic carbocycles. The summed E-state index contributed by atoms with van der Waals surface area (Å²) >= 11 is 0. The molecular weight excluding hydrogens is 204 g/mol. The van der Waals surface area contributed by atoms with Gasteiger partial charge in [0.05, 0.1) is 7.11 Å². The van der Waals surface area contributed by atoms with E-state index in [2.05, 4.69) is 4.98 Å². The number of hydrogen-bond acceptors (Lipinski definition) is 3. The number of benzene rings is 1. The third-order valence-corrected chi connectivity index (χ3v) is 2.77. The highest BCUT2D eigenvalue weighted by Crippen LogP contribution is 2.28. The van der Waals surface area contributed by atoms with Crippen LogP contribution in [0, 0.1) is 0 Å². The summed E-state index contributed by atoms with van der Waals surface area (Å²) in [6.45, 7) is 3.82. The van der Waals surface area contributed by atoms with Gasteiger partial charge in [0.15, 0.2) is 0 Å². The van der Waals surface area contributed by atoms with E-state index in [-0.39, 0.29) is 0 Å². The van der Waals surface area contributed by atoms with Gasteiger partial charge in [-0.3, -0.25) is 4.84 Å². The molecule has 0 aliphatic carbocycles. The minimum Gasteiger partial charge on any atom is -0.497 e. The van der Waals surface area contributed by atoms with E-state index < -0.39 is 5.60 Å². The van der Waals surface area contributed by atoms with Crippen molar-refractivity contribution in [3.63, 3.8) is 0 Å².